The largest absolute Gasteiger partial charge is 0.480 e. The van der Waals surface area contributed by atoms with Crippen LogP contribution in [0.5, 0.6) is 0 Å². The van der Waals surface area contributed by atoms with Crippen LogP contribution < -0.4 is 10.5 Å². The van der Waals surface area contributed by atoms with Crippen LogP contribution >= 0.6 is 0 Å². The summed E-state index contributed by atoms with van der Waals surface area (Å²) in [7, 11) is -2.57. The van der Waals surface area contributed by atoms with E-state index < -0.39 is 32.0 Å². The zero-order valence-corrected chi connectivity index (χ0v) is 19.5. The zero-order chi connectivity index (χ0) is 22.4. The van der Waals surface area contributed by atoms with E-state index in [4.69, 9.17) is 4.74 Å². The summed E-state index contributed by atoms with van der Waals surface area (Å²) in [5.74, 6) is -1.12. The molecule has 0 aromatic heterocycles. The van der Waals surface area contributed by atoms with Gasteiger partial charge in [0.05, 0.1) is 0 Å². The average Bonchev–Trinajstić information content (AvgIpc) is 2.58. The summed E-state index contributed by atoms with van der Waals surface area (Å²) in [6.45, 7) is 13.4. The fraction of sp³-hybridized carbons (Fsp3) is 0.545. The maximum absolute atomic E-state index is 11.8. The molecule has 0 bridgehead atoms. The molecule has 1 amide bonds. The van der Waals surface area contributed by atoms with Crippen LogP contribution in [-0.4, -0.2) is 41.9 Å². The van der Waals surface area contributed by atoms with Crippen molar-refractivity contribution >= 4 is 31.6 Å². The second-order valence-corrected chi connectivity index (χ2v) is 13.5. The quantitative estimate of drug-likeness (QED) is 0.551. The monoisotopic (exact) mass is 421 g/mol. The number of amides is 1. The fourth-order valence-corrected chi connectivity index (χ4v) is 6.57. The highest BCUT2D eigenvalue weighted by Crippen LogP contribution is 2.29. The lowest BCUT2D eigenvalue weighted by atomic mass is 10.1. The summed E-state index contributed by atoms with van der Waals surface area (Å²) < 4.78 is 5.11. The lowest BCUT2D eigenvalue weighted by molar-refractivity contribution is -0.139. The van der Waals surface area contributed by atoms with Gasteiger partial charge in [-0.2, -0.15) is 0 Å². The standard InChI is InChI=1S/C22H35NO5Si/c1-15(2)29(27,16(3)4)18-13-11-17(12-14-18)9-8-10-19(20(24)25)23-21(26)28-22(5,6)7/h8-9,11-16,19,27H,10H2,1-7H3,(H,23,26)(H,24,25)/b9-8+/t19-/m0/s1. The second-order valence-electron chi connectivity index (χ2n) is 8.93. The van der Waals surface area contributed by atoms with Crippen LogP contribution in [0.4, 0.5) is 4.79 Å². The van der Waals surface area contributed by atoms with Crippen LogP contribution in [0.1, 0.15) is 60.5 Å². The van der Waals surface area contributed by atoms with Crippen molar-refractivity contribution in [2.24, 2.45) is 0 Å². The molecular weight excluding hydrogens is 386 g/mol. The highest BCUT2D eigenvalue weighted by atomic mass is 28.4. The van der Waals surface area contributed by atoms with Crippen molar-refractivity contribution in [1.82, 2.24) is 5.32 Å². The highest BCUT2D eigenvalue weighted by molar-refractivity contribution is 6.87. The van der Waals surface area contributed by atoms with Gasteiger partial charge in [-0.15, -0.1) is 0 Å². The van der Waals surface area contributed by atoms with Gasteiger partial charge in [-0.25, -0.2) is 9.59 Å². The van der Waals surface area contributed by atoms with Crippen LogP contribution in [-0.2, 0) is 9.53 Å². The number of ether oxygens (including phenoxy) is 1. The van der Waals surface area contributed by atoms with Crippen LogP contribution in [0.15, 0.2) is 30.3 Å². The summed E-state index contributed by atoms with van der Waals surface area (Å²) >= 11 is 0. The molecule has 0 aliphatic carbocycles. The molecule has 1 aromatic rings. The number of alkyl carbamates (subject to hydrolysis) is 1. The first-order chi connectivity index (χ1) is 13.3. The molecule has 0 unspecified atom stereocenters. The number of nitrogens with one attached hydrogen (secondary N) is 1. The Hall–Kier alpha value is -2.12. The number of hydrogen-bond donors (Lipinski definition) is 3. The van der Waals surface area contributed by atoms with Gasteiger partial charge in [0.1, 0.15) is 11.6 Å². The van der Waals surface area contributed by atoms with Crippen LogP contribution in [0, 0.1) is 0 Å². The number of carboxylic acid groups (broad SMARTS) is 1. The van der Waals surface area contributed by atoms with Gasteiger partial charge in [0, 0.05) is 0 Å². The van der Waals surface area contributed by atoms with E-state index in [-0.39, 0.29) is 17.5 Å². The second kappa shape index (κ2) is 10.1. The Morgan fingerprint density at radius 2 is 1.62 bits per heavy atom. The first-order valence-electron chi connectivity index (χ1n) is 9.99. The Balaban J connectivity index is 2.82. The summed E-state index contributed by atoms with van der Waals surface area (Å²) in [4.78, 5) is 34.4. The predicted molar refractivity (Wildman–Crippen MR) is 119 cm³/mol. The number of carboxylic acids is 1. The van der Waals surface area contributed by atoms with Gasteiger partial charge in [0.25, 0.3) is 0 Å². The first kappa shape index (κ1) is 24.9. The number of benzene rings is 1. The van der Waals surface area contributed by atoms with E-state index in [0.29, 0.717) is 0 Å². The number of carbonyl (C=O) groups excluding carboxylic acids is 1. The van der Waals surface area contributed by atoms with Gasteiger partial charge in [-0.05, 0) is 49.0 Å². The van der Waals surface area contributed by atoms with Crippen LogP contribution in [0.3, 0.4) is 0 Å². The molecule has 0 aliphatic heterocycles. The molecule has 29 heavy (non-hydrogen) atoms. The number of aliphatic carboxylic acids is 1. The van der Waals surface area contributed by atoms with Crippen LogP contribution in [0.2, 0.25) is 11.1 Å². The molecule has 0 radical (unpaired) electrons. The molecule has 1 aromatic carbocycles. The van der Waals surface area contributed by atoms with E-state index >= 15 is 0 Å². The summed E-state index contributed by atoms with van der Waals surface area (Å²) in [5, 5.41) is 12.7. The van der Waals surface area contributed by atoms with Crippen molar-refractivity contribution in [1.29, 1.82) is 0 Å². The minimum absolute atomic E-state index is 0.132. The van der Waals surface area contributed by atoms with E-state index in [1.165, 1.54) is 0 Å². The lowest BCUT2D eigenvalue weighted by Crippen LogP contribution is -2.53. The van der Waals surface area contributed by atoms with Crippen molar-refractivity contribution < 1.29 is 24.2 Å². The molecule has 1 rings (SSSR count). The molecule has 0 fully saturated rings. The van der Waals surface area contributed by atoms with Crippen molar-refractivity contribution in [3.05, 3.63) is 35.9 Å². The molecule has 6 nitrogen and oxygen atoms in total. The molecule has 7 heteroatoms. The molecular formula is C22H35NO5Si. The van der Waals surface area contributed by atoms with Crippen molar-refractivity contribution in [3.8, 4) is 0 Å². The number of carbonyl (C=O) groups is 2. The average molecular weight is 422 g/mol. The van der Waals surface area contributed by atoms with Crippen molar-refractivity contribution in [2.45, 2.75) is 77.6 Å². The maximum Gasteiger partial charge on any atom is 0.408 e. The predicted octanol–water partition coefficient (Wildman–Crippen LogP) is 4.03. The van der Waals surface area contributed by atoms with Crippen molar-refractivity contribution in [3.63, 3.8) is 0 Å². The third-order valence-corrected chi connectivity index (χ3v) is 9.58. The third-order valence-electron chi connectivity index (χ3n) is 4.80. The molecule has 162 valence electrons. The maximum atomic E-state index is 11.8. The normalized spacial score (nSPS) is 13.7. The molecule has 0 saturated heterocycles. The zero-order valence-electron chi connectivity index (χ0n) is 18.5. The van der Waals surface area contributed by atoms with E-state index in [1.54, 1.807) is 26.8 Å². The molecule has 0 spiro atoms. The van der Waals surface area contributed by atoms with E-state index in [0.717, 1.165) is 10.8 Å². The molecule has 0 saturated carbocycles. The molecule has 0 heterocycles. The van der Waals surface area contributed by atoms with Gasteiger partial charge in [0.15, 0.2) is 0 Å². The first-order valence-corrected chi connectivity index (χ1v) is 12.1. The minimum atomic E-state index is -2.57. The van der Waals surface area contributed by atoms with Gasteiger partial charge >= 0.3 is 12.1 Å². The van der Waals surface area contributed by atoms with Gasteiger partial charge in [-0.3, -0.25) is 0 Å². The molecule has 3 N–H and O–H groups in total. The highest BCUT2D eigenvalue weighted by Gasteiger charge is 2.40. The summed E-state index contributed by atoms with van der Waals surface area (Å²) in [6.07, 6.45) is 2.89. The molecule has 0 aliphatic rings. The third kappa shape index (κ3) is 7.33. The Labute approximate surface area is 175 Å². The Morgan fingerprint density at radius 1 is 1.10 bits per heavy atom. The smallest absolute Gasteiger partial charge is 0.408 e. The lowest BCUT2D eigenvalue weighted by Gasteiger charge is -2.33. The van der Waals surface area contributed by atoms with Crippen LogP contribution in [0.25, 0.3) is 6.08 Å². The fourth-order valence-electron chi connectivity index (χ4n) is 3.21. The Morgan fingerprint density at radius 3 is 2.03 bits per heavy atom. The summed E-state index contributed by atoms with van der Waals surface area (Å²) in [5.41, 5.74) is 0.624. The molecule has 1 atom stereocenters. The van der Waals surface area contributed by atoms with Gasteiger partial charge in [-0.1, -0.05) is 64.1 Å². The SMILES string of the molecule is CC(C)[Si](O)(c1ccc(/C=C/C[C@H](NC(=O)OC(C)(C)C)C(=O)O)cc1)C(C)C. The topological polar surface area (TPSA) is 95.9 Å². The van der Waals surface area contributed by atoms with Gasteiger partial charge in [0.2, 0.25) is 8.32 Å². The van der Waals surface area contributed by atoms with Crippen molar-refractivity contribution in [2.75, 3.05) is 0 Å². The Kier molecular flexibility index (Phi) is 8.65. The number of rotatable bonds is 8. The van der Waals surface area contributed by atoms with E-state index in [1.807, 2.05) is 30.3 Å². The Bertz CT molecular complexity index is 712. The number of hydrogen-bond acceptors (Lipinski definition) is 4. The summed E-state index contributed by atoms with van der Waals surface area (Å²) in [6, 6.07) is 6.69. The van der Waals surface area contributed by atoms with E-state index in [9.17, 15) is 19.5 Å². The minimum Gasteiger partial charge on any atom is -0.480 e. The van der Waals surface area contributed by atoms with E-state index in [2.05, 4.69) is 33.0 Å². The van der Waals surface area contributed by atoms with Gasteiger partial charge < -0.3 is 20.0 Å².